The monoisotopic (exact) mass is 243 g/mol. The Morgan fingerprint density at radius 3 is 3.11 bits per heavy atom. The Kier molecular flexibility index (Phi) is 2.80. The number of rotatable bonds is 2. The number of aryl methyl sites for hydroxylation is 1. The third kappa shape index (κ3) is 2.11. The highest BCUT2D eigenvalue weighted by Gasteiger charge is 2.18. The van der Waals surface area contributed by atoms with E-state index in [9.17, 15) is 0 Å². The van der Waals surface area contributed by atoms with E-state index >= 15 is 0 Å². The number of aromatic nitrogens is 1. The molecule has 2 aromatic rings. The van der Waals surface area contributed by atoms with Gasteiger partial charge in [0.15, 0.2) is 0 Å². The quantitative estimate of drug-likeness (QED) is 0.821. The molecule has 0 aliphatic carbocycles. The van der Waals surface area contributed by atoms with Crippen molar-refractivity contribution in [2.45, 2.75) is 26.4 Å². The maximum atomic E-state index is 6.04. The fourth-order valence-electron chi connectivity index (χ4n) is 2.52. The Hall–Kier alpha value is -1.81. The first-order chi connectivity index (χ1) is 8.72. The molecule has 1 aromatic heterocycles. The van der Waals surface area contributed by atoms with E-state index in [1.54, 1.807) is 0 Å². The minimum absolute atomic E-state index is 0.825. The molecule has 0 bridgehead atoms. The second-order valence-corrected chi connectivity index (χ2v) is 4.87. The van der Waals surface area contributed by atoms with Crippen LogP contribution in [0.1, 0.15) is 22.6 Å². The lowest BCUT2D eigenvalue weighted by molar-refractivity contribution is 0.238. The van der Waals surface area contributed by atoms with Crippen LogP contribution in [-0.4, -0.2) is 16.6 Å². The van der Waals surface area contributed by atoms with Gasteiger partial charge in [-0.05, 0) is 30.5 Å². The normalized spacial score (nSPS) is 15.6. The number of hydrogen-bond acceptors (Lipinski definition) is 4. The SMILES string of the molecule is Cc1cc(CN2CCc3cccc(N)c3C2)no1. The molecular formula is C14H17N3O. The molecule has 0 amide bonds. The van der Waals surface area contributed by atoms with Gasteiger partial charge in [0.2, 0.25) is 0 Å². The molecule has 1 aliphatic heterocycles. The number of hydrogen-bond donors (Lipinski definition) is 1. The predicted molar refractivity (Wildman–Crippen MR) is 69.9 cm³/mol. The lowest BCUT2D eigenvalue weighted by Gasteiger charge is -2.28. The third-order valence-corrected chi connectivity index (χ3v) is 3.45. The summed E-state index contributed by atoms with van der Waals surface area (Å²) in [7, 11) is 0. The maximum Gasteiger partial charge on any atom is 0.133 e. The molecule has 4 nitrogen and oxygen atoms in total. The first-order valence-corrected chi connectivity index (χ1v) is 6.23. The van der Waals surface area contributed by atoms with Crippen molar-refractivity contribution < 1.29 is 4.52 Å². The molecule has 94 valence electrons. The molecule has 0 saturated carbocycles. The van der Waals surface area contributed by atoms with Gasteiger partial charge < -0.3 is 10.3 Å². The Morgan fingerprint density at radius 2 is 2.33 bits per heavy atom. The number of nitrogens with zero attached hydrogens (tertiary/aromatic N) is 2. The Balaban J connectivity index is 1.76. The first kappa shape index (κ1) is 11.3. The summed E-state index contributed by atoms with van der Waals surface area (Å²) in [6, 6.07) is 8.17. The molecule has 0 fully saturated rings. The van der Waals surface area contributed by atoms with Gasteiger partial charge in [0.25, 0.3) is 0 Å². The number of benzene rings is 1. The molecule has 3 rings (SSSR count). The third-order valence-electron chi connectivity index (χ3n) is 3.45. The van der Waals surface area contributed by atoms with Gasteiger partial charge in [-0.2, -0.15) is 0 Å². The molecule has 18 heavy (non-hydrogen) atoms. The second kappa shape index (κ2) is 4.46. The molecule has 1 aromatic carbocycles. The van der Waals surface area contributed by atoms with Gasteiger partial charge >= 0.3 is 0 Å². The average Bonchev–Trinajstić information content (AvgIpc) is 2.76. The van der Waals surface area contributed by atoms with Crippen LogP contribution in [0.2, 0.25) is 0 Å². The van der Waals surface area contributed by atoms with Crippen LogP contribution in [0.3, 0.4) is 0 Å². The topological polar surface area (TPSA) is 55.3 Å². The van der Waals surface area contributed by atoms with Gasteiger partial charge in [0.1, 0.15) is 5.76 Å². The summed E-state index contributed by atoms with van der Waals surface area (Å²) in [6.07, 6.45) is 1.05. The van der Waals surface area contributed by atoms with Crippen LogP contribution >= 0.6 is 0 Å². The number of anilines is 1. The smallest absolute Gasteiger partial charge is 0.133 e. The van der Waals surface area contributed by atoms with Crippen molar-refractivity contribution in [2.24, 2.45) is 0 Å². The van der Waals surface area contributed by atoms with Crippen LogP contribution in [0, 0.1) is 6.92 Å². The molecule has 0 spiro atoms. The Bertz CT molecular complexity index is 562. The summed E-state index contributed by atoms with van der Waals surface area (Å²) in [6.45, 7) is 4.68. The van der Waals surface area contributed by atoms with Crippen molar-refractivity contribution in [1.82, 2.24) is 10.1 Å². The number of nitrogens with two attached hydrogens (primary N) is 1. The van der Waals surface area contributed by atoms with E-state index in [1.807, 2.05) is 25.1 Å². The van der Waals surface area contributed by atoms with E-state index in [0.29, 0.717) is 0 Å². The minimum atomic E-state index is 0.825. The molecular weight excluding hydrogens is 226 g/mol. The Labute approximate surface area is 106 Å². The van der Waals surface area contributed by atoms with Crippen molar-refractivity contribution in [1.29, 1.82) is 0 Å². The molecule has 2 N–H and O–H groups in total. The molecule has 4 heteroatoms. The summed E-state index contributed by atoms with van der Waals surface area (Å²) in [5, 5.41) is 4.04. The van der Waals surface area contributed by atoms with Crippen molar-refractivity contribution in [3.63, 3.8) is 0 Å². The lowest BCUT2D eigenvalue weighted by Crippen LogP contribution is -2.30. The highest BCUT2D eigenvalue weighted by Crippen LogP contribution is 2.25. The number of fused-ring (bicyclic) bond motifs is 1. The van der Waals surface area contributed by atoms with Crippen molar-refractivity contribution in [3.05, 3.63) is 46.8 Å². The highest BCUT2D eigenvalue weighted by atomic mass is 16.5. The van der Waals surface area contributed by atoms with Gasteiger partial charge in [-0.25, -0.2) is 0 Å². The first-order valence-electron chi connectivity index (χ1n) is 6.23. The lowest BCUT2D eigenvalue weighted by atomic mass is 9.98. The zero-order valence-electron chi connectivity index (χ0n) is 10.5. The van der Waals surface area contributed by atoms with Crippen LogP contribution in [0.4, 0.5) is 5.69 Å². The maximum absolute atomic E-state index is 6.04. The van der Waals surface area contributed by atoms with Gasteiger partial charge in [-0.3, -0.25) is 4.90 Å². The zero-order chi connectivity index (χ0) is 12.5. The molecule has 1 aliphatic rings. The van der Waals surface area contributed by atoms with Crippen LogP contribution < -0.4 is 5.73 Å². The molecule has 0 atom stereocenters. The van der Waals surface area contributed by atoms with Gasteiger partial charge in [-0.1, -0.05) is 17.3 Å². The van der Waals surface area contributed by atoms with E-state index in [2.05, 4.69) is 16.1 Å². The van der Waals surface area contributed by atoms with E-state index in [0.717, 1.165) is 43.2 Å². The van der Waals surface area contributed by atoms with Gasteiger partial charge in [0, 0.05) is 31.4 Å². The molecule has 0 unspecified atom stereocenters. The summed E-state index contributed by atoms with van der Waals surface area (Å²) < 4.78 is 5.10. The standard InChI is InChI=1S/C14H17N3O/c1-10-7-12(16-18-10)8-17-6-5-11-3-2-4-14(15)13(11)9-17/h2-4,7H,5-6,8-9,15H2,1H3. The summed E-state index contributed by atoms with van der Waals surface area (Å²) >= 11 is 0. The number of nitrogen functional groups attached to an aromatic ring is 1. The fourth-order valence-corrected chi connectivity index (χ4v) is 2.52. The van der Waals surface area contributed by atoms with E-state index in [-0.39, 0.29) is 0 Å². The van der Waals surface area contributed by atoms with Crippen molar-refractivity contribution in [3.8, 4) is 0 Å². The van der Waals surface area contributed by atoms with Crippen molar-refractivity contribution in [2.75, 3.05) is 12.3 Å². The second-order valence-electron chi connectivity index (χ2n) is 4.87. The van der Waals surface area contributed by atoms with Crippen LogP contribution in [-0.2, 0) is 19.5 Å². The van der Waals surface area contributed by atoms with Crippen LogP contribution in [0.25, 0.3) is 0 Å². The van der Waals surface area contributed by atoms with E-state index < -0.39 is 0 Å². The summed E-state index contributed by atoms with van der Waals surface area (Å²) in [4.78, 5) is 2.36. The van der Waals surface area contributed by atoms with Crippen LogP contribution in [0.15, 0.2) is 28.8 Å². The molecule has 0 saturated heterocycles. The van der Waals surface area contributed by atoms with Crippen molar-refractivity contribution >= 4 is 5.69 Å². The summed E-state index contributed by atoms with van der Waals surface area (Å²) in [5.41, 5.74) is 10.6. The summed E-state index contributed by atoms with van der Waals surface area (Å²) in [5.74, 6) is 0.863. The minimum Gasteiger partial charge on any atom is -0.398 e. The Morgan fingerprint density at radius 1 is 1.44 bits per heavy atom. The largest absolute Gasteiger partial charge is 0.398 e. The highest BCUT2D eigenvalue weighted by molar-refractivity contribution is 5.51. The molecule has 0 radical (unpaired) electrons. The van der Waals surface area contributed by atoms with Gasteiger partial charge in [-0.15, -0.1) is 0 Å². The fraction of sp³-hybridized carbons (Fsp3) is 0.357. The zero-order valence-corrected chi connectivity index (χ0v) is 10.5. The van der Waals surface area contributed by atoms with E-state index in [1.165, 1.54) is 11.1 Å². The van der Waals surface area contributed by atoms with E-state index in [4.69, 9.17) is 10.3 Å². The molecule has 2 heterocycles. The average molecular weight is 243 g/mol. The van der Waals surface area contributed by atoms with Gasteiger partial charge in [0.05, 0.1) is 5.69 Å². The predicted octanol–water partition coefficient (Wildman–Crippen LogP) is 2.12. The van der Waals surface area contributed by atoms with Crippen LogP contribution in [0.5, 0.6) is 0 Å².